The van der Waals surface area contributed by atoms with Crippen LogP contribution in [0, 0.1) is 5.92 Å². The van der Waals surface area contributed by atoms with Gasteiger partial charge in [0.15, 0.2) is 0 Å². The van der Waals surface area contributed by atoms with E-state index in [1.165, 1.54) is 5.56 Å². The zero-order valence-corrected chi connectivity index (χ0v) is 11.3. The summed E-state index contributed by atoms with van der Waals surface area (Å²) < 4.78 is 5.37. The summed E-state index contributed by atoms with van der Waals surface area (Å²) in [7, 11) is 0. The number of nitrogens with zero attached hydrogens (tertiary/aromatic N) is 1. The third-order valence-corrected chi connectivity index (χ3v) is 3.58. The first-order valence-corrected chi connectivity index (χ1v) is 6.81. The fourth-order valence-corrected chi connectivity index (χ4v) is 2.61. The van der Waals surface area contributed by atoms with Crippen LogP contribution < -0.4 is 0 Å². The van der Waals surface area contributed by atoms with Crippen LogP contribution in [0.1, 0.15) is 18.9 Å². The molecule has 19 heavy (non-hydrogen) atoms. The molecular weight excluding hydrogens is 242 g/mol. The Morgan fingerprint density at radius 1 is 1.37 bits per heavy atom. The van der Waals surface area contributed by atoms with Crippen molar-refractivity contribution in [2.75, 3.05) is 19.8 Å². The van der Waals surface area contributed by atoms with Crippen molar-refractivity contribution in [2.45, 2.75) is 25.9 Å². The van der Waals surface area contributed by atoms with Gasteiger partial charge in [-0.1, -0.05) is 37.3 Å². The number of carboxylic acid groups (broad SMARTS) is 1. The summed E-state index contributed by atoms with van der Waals surface area (Å²) in [6, 6.07) is 10.2. The fraction of sp³-hybridized carbons (Fsp3) is 0.533. The second-order valence-corrected chi connectivity index (χ2v) is 5.01. The third kappa shape index (κ3) is 3.55. The molecule has 4 nitrogen and oxygen atoms in total. The van der Waals surface area contributed by atoms with E-state index >= 15 is 0 Å². The molecule has 1 aromatic carbocycles. The molecule has 1 N–H and O–H groups in total. The maximum atomic E-state index is 11.3. The van der Waals surface area contributed by atoms with Gasteiger partial charge in [-0.3, -0.25) is 9.69 Å². The molecule has 0 radical (unpaired) electrons. The highest BCUT2D eigenvalue weighted by Gasteiger charge is 2.37. The monoisotopic (exact) mass is 263 g/mol. The molecule has 1 fully saturated rings. The van der Waals surface area contributed by atoms with Crippen LogP contribution in [0.2, 0.25) is 0 Å². The molecule has 0 spiro atoms. The molecule has 0 aliphatic carbocycles. The van der Waals surface area contributed by atoms with Crippen LogP contribution in [0.4, 0.5) is 0 Å². The van der Waals surface area contributed by atoms with E-state index in [2.05, 4.69) is 24.0 Å². The normalized spacial score (nSPS) is 22.8. The molecule has 0 saturated carbocycles. The van der Waals surface area contributed by atoms with Crippen molar-refractivity contribution in [1.82, 2.24) is 4.90 Å². The number of benzene rings is 1. The average Bonchev–Trinajstić information content (AvgIpc) is 2.89. The van der Waals surface area contributed by atoms with E-state index in [1.807, 2.05) is 18.2 Å². The van der Waals surface area contributed by atoms with Crippen molar-refractivity contribution < 1.29 is 14.6 Å². The first kappa shape index (κ1) is 14.0. The highest BCUT2D eigenvalue weighted by Crippen LogP contribution is 2.22. The van der Waals surface area contributed by atoms with Crippen LogP contribution in [0.3, 0.4) is 0 Å². The standard InChI is InChI=1S/C15H21NO3/c1-2-8-16(9-12-6-4-3-5-7-12)14-11-19-10-13(14)15(17)18/h3-7,13-14H,2,8-11H2,1H3,(H,17,18). The Labute approximate surface area is 114 Å². The molecular formula is C15H21NO3. The summed E-state index contributed by atoms with van der Waals surface area (Å²) >= 11 is 0. The van der Waals surface area contributed by atoms with Gasteiger partial charge >= 0.3 is 5.97 Å². The molecule has 2 unspecified atom stereocenters. The highest BCUT2D eigenvalue weighted by atomic mass is 16.5. The van der Waals surface area contributed by atoms with E-state index in [4.69, 9.17) is 4.74 Å². The zero-order chi connectivity index (χ0) is 13.7. The van der Waals surface area contributed by atoms with Gasteiger partial charge in [-0.2, -0.15) is 0 Å². The maximum absolute atomic E-state index is 11.3. The third-order valence-electron chi connectivity index (χ3n) is 3.58. The largest absolute Gasteiger partial charge is 0.481 e. The van der Waals surface area contributed by atoms with Crippen LogP contribution in [-0.4, -0.2) is 41.8 Å². The summed E-state index contributed by atoms with van der Waals surface area (Å²) in [5.41, 5.74) is 1.21. The van der Waals surface area contributed by atoms with Crippen LogP contribution in [0.15, 0.2) is 30.3 Å². The number of carboxylic acids is 1. The molecule has 2 rings (SSSR count). The van der Waals surface area contributed by atoms with Crippen LogP contribution >= 0.6 is 0 Å². The molecule has 104 valence electrons. The van der Waals surface area contributed by atoms with E-state index < -0.39 is 11.9 Å². The van der Waals surface area contributed by atoms with Gasteiger partial charge in [-0.05, 0) is 18.5 Å². The first-order valence-electron chi connectivity index (χ1n) is 6.81. The zero-order valence-electron chi connectivity index (χ0n) is 11.3. The van der Waals surface area contributed by atoms with Crippen molar-refractivity contribution in [3.8, 4) is 0 Å². The van der Waals surface area contributed by atoms with E-state index in [-0.39, 0.29) is 6.04 Å². The molecule has 4 heteroatoms. The Hall–Kier alpha value is -1.39. The predicted octanol–water partition coefficient (Wildman–Crippen LogP) is 2.00. The summed E-state index contributed by atoms with van der Waals surface area (Å²) in [5, 5.41) is 9.26. The topological polar surface area (TPSA) is 49.8 Å². The van der Waals surface area contributed by atoms with E-state index in [1.54, 1.807) is 0 Å². The minimum atomic E-state index is -0.753. The van der Waals surface area contributed by atoms with Gasteiger partial charge in [-0.15, -0.1) is 0 Å². The van der Waals surface area contributed by atoms with Crippen molar-refractivity contribution in [3.63, 3.8) is 0 Å². The number of carbonyl (C=O) groups is 1. The molecule has 1 saturated heterocycles. The lowest BCUT2D eigenvalue weighted by atomic mass is 10.0. The first-order chi connectivity index (χ1) is 9.22. The number of hydrogen-bond donors (Lipinski definition) is 1. The minimum absolute atomic E-state index is 0.0161. The van der Waals surface area contributed by atoms with Crippen molar-refractivity contribution in [3.05, 3.63) is 35.9 Å². The van der Waals surface area contributed by atoms with Gasteiger partial charge in [0.05, 0.1) is 19.1 Å². The Kier molecular flexibility index (Phi) is 4.93. The molecule has 1 heterocycles. The van der Waals surface area contributed by atoms with Crippen LogP contribution in [-0.2, 0) is 16.1 Å². The number of ether oxygens (including phenoxy) is 1. The van der Waals surface area contributed by atoms with Gasteiger partial charge in [0.2, 0.25) is 0 Å². The SMILES string of the molecule is CCCN(Cc1ccccc1)C1COCC1C(=O)O. The Bertz CT molecular complexity index is 407. The van der Waals surface area contributed by atoms with Gasteiger partial charge < -0.3 is 9.84 Å². The molecule has 1 aliphatic rings. The molecule has 0 aromatic heterocycles. The smallest absolute Gasteiger partial charge is 0.310 e. The lowest BCUT2D eigenvalue weighted by Crippen LogP contribution is -2.43. The van der Waals surface area contributed by atoms with E-state index in [9.17, 15) is 9.90 Å². The summed E-state index contributed by atoms with van der Waals surface area (Å²) in [4.78, 5) is 13.5. The number of hydrogen-bond acceptors (Lipinski definition) is 3. The molecule has 2 atom stereocenters. The van der Waals surface area contributed by atoms with Gasteiger partial charge in [-0.25, -0.2) is 0 Å². The van der Waals surface area contributed by atoms with Crippen molar-refractivity contribution in [1.29, 1.82) is 0 Å². The Morgan fingerprint density at radius 2 is 2.11 bits per heavy atom. The van der Waals surface area contributed by atoms with E-state index in [0.717, 1.165) is 19.5 Å². The highest BCUT2D eigenvalue weighted by molar-refractivity contribution is 5.71. The maximum Gasteiger partial charge on any atom is 0.310 e. The molecule has 1 aromatic rings. The van der Waals surface area contributed by atoms with E-state index in [0.29, 0.717) is 13.2 Å². The average molecular weight is 263 g/mol. The second kappa shape index (κ2) is 6.68. The molecule has 0 amide bonds. The van der Waals surface area contributed by atoms with Gasteiger partial charge in [0.25, 0.3) is 0 Å². The minimum Gasteiger partial charge on any atom is -0.481 e. The molecule has 0 bridgehead atoms. The molecule has 1 aliphatic heterocycles. The van der Waals surface area contributed by atoms with Gasteiger partial charge in [0, 0.05) is 12.6 Å². The fourth-order valence-electron chi connectivity index (χ4n) is 2.61. The van der Waals surface area contributed by atoms with Crippen molar-refractivity contribution >= 4 is 5.97 Å². The van der Waals surface area contributed by atoms with Crippen LogP contribution in [0.25, 0.3) is 0 Å². The lowest BCUT2D eigenvalue weighted by molar-refractivity contribution is -0.143. The number of rotatable bonds is 6. The second-order valence-electron chi connectivity index (χ2n) is 5.01. The summed E-state index contributed by atoms with van der Waals surface area (Å²) in [6.07, 6.45) is 1.01. The Balaban J connectivity index is 2.09. The lowest BCUT2D eigenvalue weighted by Gasteiger charge is -2.30. The Morgan fingerprint density at radius 3 is 2.74 bits per heavy atom. The quantitative estimate of drug-likeness (QED) is 0.853. The predicted molar refractivity (Wildman–Crippen MR) is 72.9 cm³/mol. The van der Waals surface area contributed by atoms with Crippen LogP contribution in [0.5, 0.6) is 0 Å². The van der Waals surface area contributed by atoms with Gasteiger partial charge in [0.1, 0.15) is 0 Å². The number of aliphatic carboxylic acids is 1. The van der Waals surface area contributed by atoms with Crippen molar-refractivity contribution in [2.24, 2.45) is 5.92 Å². The summed E-state index contributed by atoms with van der Waals surface area (Å²) in [5.74, 6) is -1.16. The summed E-state index contributed by atoms with van der Waals surface area (Å²) in [6.45, 7) is 4.64.